The van der Waals surface area contributed by atoms with E-state index in [0.29, 0.717) is 32.3 Å². The SMILES string of the molecule is CC(C)(CNSc1ccc(Cl)c(Cl)c1)CNc1c(Cl)cncc1Cl. The lowest BCUT2D eigenvalue weighted by Gasteiger charge is -2.26. The Morgan fingerprint density at radius 3 is 2.25 bits per heavy atom. The zero-order valence-electron chi connectivity index (χ0n) is 13.2. The number of hydrogen-bond acceptors (Lipinski definition) is 4. The van der Waals surface area contributed by atoms with Gasteiger partial charge in [0.05, 0.1) is 25.8 Å². The molecule has 0 bridgehead atoms. The molecular formula is C16H17Cl4N3S. The molecule has 0 radical (unpaired) electrons. The molecule has 0 aliphatic heterocycles. The van der Waals surface area contributed by atoms with Crippen LogP contribution in [0.5, 0.6) is 0 Å². The number of nitrogens with one attached hydrogen (secondary N) is 2. The number of pyridine rings is 1. The number of rotatable bonds is 7. The standard InChI is InChI=1S/C16H17Cl4N3S/c1-16(2,8-22-15-13(19)6-21-7-14(15)20)9-23-24-10-3-4-11(17)12(18)5-10/h3-7,23H,8-9H2,1-2H3,(H,21,22). The lowest BCUT2D eigenvalue weighted by atomic mass is 9.94. The van der Waals surface area contributed by atoms with Crippen LogP contribution >= 0.6 is 58.4 Å². The molecule has 0 atom stereocenters. The summed E-state index contributed by atoms with van der Waals surface area (Å²) in [4.78, 5) is 4.95. The van der Waals surface area contributed by atoms with Crippen molar-refractivity contribution in [3.8, 4) is 0 Å². The van der Waals surface area contributed by atoms with Crippen LogP contribution in [0.4, 0.5) is 5.69 Å². The molecule has 2 N–H and O–H groups in total. The number of anilines is 1. The highest BCUT2D eigenvalue weighted by Gasteiger charge is 2.19. The van der Waals surface area contributed by atoms with Gasteiger partial charge in [0.2, 0.25) is 0 Å². The maximum atomic E-state index is 6.12. The maximum Gasteiger partial charge on any atom is 0.0836 e. The third-order valence-corrected chi connectivity index (χ3v) is 5.32. The second-order valence-electron chi connectivity index (χ2n) is 6.00. The summed E-state index contributed by atoms with van der Waals surface area (Å²) < 4.78 is 3.35. The van der Waals surface area contributed by atoms with Crippen molar-refractivity contribution in [1.29, 1.82) is 0 Å². The molecule has 24 heavy (non-hydrogen) atoms. The van der Waals surface area contributed by atoms with E-state index in [9.17, 15) is 0 Å². The molecular weight excluding hydrogens is 408 g/mol. The van der Waals surface area contributed by atoms with Crippen molar-refractivity contribution in [3.63, 3.8) is 0 Å². The smallest absolute Gasteiger partial charge is 0.0836 e. The minimum atomic E-state index is -0.0286. The van der Waals surface area contributed by atoms with Crippen LogP contribution < -0.4 is 10.0 Å². The van der Waals surface area contributed by atoms with E-state index in [0.717, 1.165) is 11.4 Å². The molecule has 8 heteroatoms. The summed E-state index contributed by atoms with van der Waals surface area (Å²) in [7, 11) is 0. The number of benzene rings is 1. The summed E-state index contributed by atoms with van der Waals surface area (Å²) in [6.45, 7) is 5.76. The van der Waals surface area contributed by atoms with E-state index in [4.69, 9.17) is 46.4 Å². The molecule has 0 fully saturated rings. The number of nitrogens with zero attached hydrogens (tertiary/aromatic N) is 1. The number of hydrogen-bond donors (Lipinski definition) is 2. The summed E-state index contributed by atoms with van der Waals surface area (Å²) in [5, 5.41) is 5.42. The van der Waals surface area contributed by atoms with Crippen molar-refractivity contribution < 1.29 is 0 Å². The van der Waals surface area contributed by atoms with E-state index in [-0.39, 0.29) is 5.41 Å². The molecule has 130 valence electrons. The molecule has 0 spiro atoms. The predicted octanol–water partition coefficient (Wildman–Crippen LogP) is 6.43. The number of halogens is 4. The van der Waals surface area contributed by atoms with Gasteiger partial charge in [0.1, 0.15) is 0 Å². The Labute approximate surface area is 166 Å². The van der Waals surface area contributed by atoms with Crippen molar-refractivity contribution in [2.75, 3.05) is 18.4 Å². The fraction of sp³-hybridized carbons (Fsp3) is 0.312. The Morgan fingerprint density at radius 2 is 1.62 bits per heavy atom. The van der Waals surface area contributed by atoms with Crippen LogP contribution in [0.1, 0.15) is 13.8 Å². The monoisotopic (exact) mass is 423 g/mol. The summed E-state index contributed by atoms with van der Waals surface area (Å²) >= 11 is 25.7. The first-order valence-electron chi connectivity index (χ1n) is 7.16. The summed E-state index contributed by atoms with van der Waals surface area (Å²) in [6.07, 6.45) is 3.14. The zero-order valence-corrected chi connectivity index (χ0v) is 17.0. The van der Waals surface area contributed by atoms with Crippen molar-refractivity contribution in [2.45, 2.75) is 18.7 Å². The van der Waals surface area contributed by atoms with Gasteiger partial charge in [-0.3, -0.25) is 9.71 Å². The van der Waals surface area contributed by atoms with Crippen LogP contribution in [0.15, 0.2) is 35.5 Å². The minimum absolute atomic E-state index is 0.0286. The van der Waals surface area contributed by atoms with Gasteiger partial charge in [0.25, 0.3) is 0 Å². The van der Waals surface area contributed by atoms with Gasteiger partial charge in [0, 0.05) is 30.4 Å². The van der Waals surface area contributed by atoms with Crippen LogP contribution in [-0.2, 0) is 0 Å². The van der Waals surface area contributed by atoms with Gasteiger partial charge >= 0.3 is 0 Å². The fourth-order valence-corrected chi connectivity index (χ4v) is 3.63. The molecule has 0 saturated heterocycles. The first kappa shape index (κ1) is 20.0. The van der Waals surface area contributed by atoms with Crippen molar-refractivity contribution in [2.24, 2.45) is 5.41 Å². The highest BCUT2D eigenvalue weighted by atomic mass is 35.5. The van der Waals surface area contributed by atoms with Crippen LogP contribution in [0.25, 0.3) is 0 Å². The van der Waals surface area contributed by atoms with Crippen LogP contribution in [0.2, 0.25) is 20.1 Å². The maximum absolute atomic E-state index is 6.12. The van der Waals surface area contributed by atoms with Crippen molar-refractivity contribution in [1.82, 2.24) is 9.71 Å². The largest absolute Gasteiger partial charge is 0.382 e. The molecule has 1 aromatic heterocycles. The van der Waals surface area contributed by atoms with Gasteiger partial charge in [-0.1, -0.05) is 60.3 Å². The van der Waals surface area contributed by atoms with Gasteiger partial charge in [-0.25, -0.2) is 0 Å². The molecule has 0 saturated carbocycles. The summed E-state index contributed by atoms with van der Waals surface area (Å²) in [5.74, 6) is 0. The molecule has 3 nitrogen and oxygen atoms in total. The van der Waals surface area contributed by atoms with Gasteiger partial charge in [0.15, 0.2) is 0 Å². The molecule has 0 unspecified atom stereocenters. The van der Waals surface area contributed by atoms with Crippen molar-refractivity contribution >= 4 is 64.0 Å². The molecule has 1 heterocycles. The molecule has 2 aromatic rings. The van der Waals surface area contributed by atoms with E-state index >= 15 is 0 Å². The Bertz CT molecular complexity index is 689. The fourth-order valence-electron chi connectivity index (χ4n) is 1.83. The minimum Gasteiger partial charge on any atom is -0.382 e. The highest BCUT2D eigenvalue weighted by Crippen LogP contribution is 2.30. The Hall–Kier alpha value is -0.360. The van der Waals surface area contributed by atoms with Gasteiger partial charge < -0.3 is 5.32 Å². The molecule has 0 aliphatic rings. The second kappa shape index (κ2) is 8.84. The molecule has 0 aliphatic carbocycles. The van der Waals surface area contributed by atoms with Crippen LogP contribution in [0, 0.1) is 5.41 Å². The third kappa shape index (κ3) is 5.87. The zero-order chi connectivity index (χ0) is 17.7. The summed E-state index contributed by atoms with van der Waals surface area (Å²) in [5.41, 5.74) is 0.678. The highest BCUT2D eigenvalue weighted by molar-refractivity contribution is 7.97. The quantitative estimate of drug-likeness (QED) is 0.502. The van der Waals surface area contributed by atoms with Gasteiger partial charge in [-0.05, 0) is 35.6 Å². The predicted molar refractivity (Wildman–Crippen MR) is 107 cm³/mol. The first-order chi connectivity index (χ1) is 11.3. The number of aromatic nitrogens is 1. The van der Waals surface area contributed by atoms with E-state index in [2.05, 4.69) is 28.9 Å². The Balaban J connectivity index is 1.86. The van der Waals surface area contributed by atoms with E-state index in [1.165, 1.54) is 11.9 Å². The Morgan fingerprint density at radius 1 is 0.958 bits per heavy atom. The molecule has 2 rings (SSSR count). The Kier molecular flexibility index (Phi) is 7.35. The summed E-state index contributed by atoms with van der Waals surface area (Å²) in [6, 6.07) is 5.55. The molecule has 0 amide bonds. The van der Waals surface area contributed by atoms with Crippen molar-refractivity contribution in [3.05, 3.63) is 50.7 Å². The third-order valence-electron chi connectivity index (χ3n) is 3.23. The van der Waals surface area contributed by atoms with Crippen LogP contribution in [0.3, 0.4) is 0 Å². The normalized spacial score (nSPS) is 11.6. The first-order valence-corrected chi connectivity index (χ1v) is 9.49. The lowest BCUT2D eigenvalue weighted by Crippen LogP contribution is -2.32. The van der Waals surface area contributed by atoms with Gasteiger partial charge in [-0.15, -0.1) is 0 Å². The second-order valence-corrected chi connectivity index (χ2v) is 8.59. The topological polar surface area (TPSA) is 37.0 Å². The lowest BCUT2D eigenvalue weighted by molar-refractivity contribution is 0.394. The van der Waals surface area contributed by atoms with E-state index in [1.54, 1.807) is 18.5 Å². The van der Waals surface area contributed by atoms with E-state index in [1.807, 2.05) is 12.1 Å². The molecule has 1 aromatic carbocycles. The average molecular weight is 425 g/mol. The average Bonchev–Trinajstić information content (AvgIpc) is 2.50. The van der Waals surface area contributed by atoms with Gasteiger partial charge in [-0.2, -0.15) is 0 Å². The van der Waals surface area contributed by atoms with E-state index < -0.39 is 0 Å². The van der Waals surface area contributed by atoms with Crippen LogP contribution in [-0.4, -0.2) is 18.1 Å².